The van der Waals surface area contributed by atoms with E-state index in [0.29, 0.717) is 25.3 Å². The molecule has 1 aliphatic carbocycles. The van der Waals surface area contributed by atoms with E-state index >= 15 is 0 Å². The standard InChI is InChI=1S/C14H27N3O2/c1-3-14(4-2,12(15)17-19)13(18)16-10-11-8-6-5-7-9-11/h11,19H,3-10H2,1-2H3,(H2,15,17)(H,16,18). The second kappa shape index (κ2) is 7.36. The molecule has 0 saturated heterocycles. The Bertz CT molecular complexity index is 319. The molecule has 1 rings (SSSR count). The van der Waals surface area contributed by atoms with Gasteiger partial charge in [-0.25, -0.2) is 0 Å². The van der Waals surface area contributed by atoms with Gasteiger partial charge in [0.15, 0.2) is 5.84 Å². The Kier molecular flexibility index (Phi) is 6.12. The van der Waals surface area contributed by atoms with Crippen LogP contribution in [0.2, 0.25) is 0 Å². The van der Waals surface area contributed by atoms with Crippen LogP contribution in [0.1, 0.15) is 58.8 Å². The van der Waals surface area contributed by atoms with Gasteiger partial charge in [0.1, 0.15) is 5.41 Å². The van der Waals surface area contributed by atoms with Gasteiger partial charge in [0.05, 0.1) is 0 Å². The molecule has 1 fully saturated rings. The average Bonchev–Trinajstić information content (AvgIpc) is 2.47. The van der Waals surface area contributed by atoms with Crippen LogP contribution in [0.5, 0.6) is 0 Å². The summed E-state index contributed by atoms with van der Waals surface area (Å²) < 4.78 is 0. The van der Waals surface area contributed by atoms with E-state index in [0.717, 1.165) is 0 Å². The molecule has 0 aromatic carbocycles. The fourth-order valence-corrected chi connectivity index (χ4v) is 2.94. The maximum atomic E-state index is 12.4. The van der Waals surface area contributed by atoms with Gasteiger partial charge in [0.2, 0.25) is 5.91 Å². The smallest absolute Gasteiger partial charge is 0.233 e. The van der Waals surface area contributed by atoms with E-state index in [1.165, 1.54) is 32.1 Å². The molecule has 19 heavy (non-hydrogen) atoms. The predicted molar refractivity (Wildman–Crippen MR) is 76.0 cm³/mol. The number of hydrogen-bond donors (Lipinski definition) is 3. The quantitative estimate of drug-likeness (QED) is 0.299. The van der Waals surface area contributed by atoms with Crippen LogP contribution >= 0.6 is 0 Å². The second-order valence-electron chi connectivity index (χ2n) is 5.49. The molecular weight excluding hydrogens is 242 g/mol. The van der Waals surface area contributed by atoms with Crippen LogP contribution in [0.15, 0.2) is 5.16 Å². The van der Waals surface area contributed by atoms with Crippen molar-refractivity contribution in [3.63, 3.8) is 0 Å². The molecule has 110 valence electrons. The Balaban J connectivity index is 2.62. The van der Waals surface area contributed by atoms with E-state index < -0.39 is 5.41 Å². The highest BCUT2D eigenvalue weighted by Gasteiger charge is 2.39. The van der Waals surface area contributed by atoms with E-state index in [1.807, 2.05) is 13.8 Å². The summed E-state index contributed by atoms with van der Waals surface area (Å²) in [5.74, 6) is 0.480. The number of amides is 1. The zero-order valence-corrected chi connectivity index (χ0v) is 12.1. The molecule has 4 N–H and O–H groups in total. The molecule has 1 amide bonds. The fourth-order valence-electron chi connectivity index (χ4n) is 2.94. The largest absolute Gasteiger partial charge is 0.409 e. The summed E-state index contributed by atoms with van der Waals surface area (Å²) in [4.78, 5) is 12.4. The van der Waals surface area contributed by atoms with Gasteiger partial charge >= 0.3 is 0 Å². The molecule has 0 spiro atoms. The van der Waals surface area contributed by atoms with Gasteiger partial charge < -0.3 is 16.3 Å². The zero-order chi connectivity index (χ0) is 14.3. The highest BCUT2D eigenvalue weighted by molar-refractivity contribution is 6.06. The summed E-state index contributed by atoms with van der Waals surface area (Å²) in [6, 6.07) is 0. The lowest BCUT2D eigenvalue weighted by Gasteiger charge is -2.30. The Morgan fingerprint density at radius 3 is 2.37 bits per heavy atom. The number of nitrogens with one attached hydrogen (secondary N) is 1. The van der Waals surface area contributed by atoms with Crippen molar-refractivity contribution in [3.8, 4) is 0 Å². The number of nitrogens with zero attached hydrogens (tertiary/aromatic N) is 1. The van der Waals surface area contributed by atoms with Crippen LogP contribution in [0, 0.1) is 11.3 Å². The first kappa shape index (κ1) is 15.8. The third kappa shape index (κ3) is 3.61. The van der Waals surface area contributed by atoms with Crippen molar-refractivity contribution in [1.29, 1.82) is 0 Å². The van der Waals surface area contributed by atoms with Crippen LogP contribution < -0.4 is 11.1 Å². The lowest BCUT2D eigenvalue weighted by molar-refractivity contribution is -0.128. The third-order valence-corrected chi connectivity index (χ3v) is 4.52. The molecule has 0 aliphatic heterocycles. The van der Waals surface area contributed by atoms with E-state index in [1.54, 1.807) is 0 Å². The minimum Gasteiger partial charge on any atom is -0.409 e. The summed E-state index contributed by atoms with van der Waals surface area (Å²) in [6.45, 7) is 4.49. The first-order valence-corrected chi connectivity index (χ1v) is 7.37. The van der Waals surface area contributed by atoms with Crippen LogP contribution in [-0.4, -0.2) is 23.5 Å². The lowest BCUT2D eigenvalue weighted by Crippen LogP contribution is -2.50. The van der Waals surface area contributed by atoms with E-state index in [9.17, 15) is 4.79 Å². The molecule has 0 bridgehead atoms. The summed E-state index contributed by atoms with van der Waals surface area (Å²) in [5.41, 5.74) is 4.85. The SMILES string of the molecule is CCC(CC)(C(=O)NCC1CCCCC1)C(N)=NO. The Morgan fingerprint density at radius 1 is 1.32 bits per heavy atom. The number of carbonyl (C=O) groups excluding carboxylic acids is 1. The number of carbonyl (C=O) groups is 1. The van der Waals surface area contributed by atoms with Gasteiger partial charge in [-0.05, 0) is 31.6 Å². The van der Waals surface area contributed by atoms with Crippen molar-refractivity contribution in [2.24, 2.45) is 22.2 Å². The van der Waals surface area contributed by atoms with Crippen LogP contribution in [0.25, 0.3) is 0 Å². The summed E-state index contributed by atoms with van der Waals surface area (Å²) in [6.07, 6.45) is 7.28. The van der Waals surface area contributed by atoms with Gasteiger partial charge in [-0.3, -0.25) is 4.79 Å². The van der Waals surface area contributed by atoms with Gasteiger partial charge in [-0.1, -0.05) is 38.3 Å². The minimum atomic E-state index is -0.872. The van der Waals surface area contributed by atoms with Crippen molar-refractivity contribution in [1.82, 2.24) is 5.32 Å². The predicted octanol–water partition coefficient (Wildman–Crippen LogP) is 2.24. The summed E-state index contributed by atoms with van der Waals surface area (Å²) >= 11 is 0. The van der Waals surface area contributed by atoms with Crippen molar-refractivity contribution >= 4 is 11.7 Å². The van der Waals surface area contributed by atoms with E-state index in [2.05, 4.69) is 10.5 Å². The van der Waals surface area contributed by atoms with Crippen LogP contribution in [0.4, 0.5) is 0 Å². The minimum absolute atomic E-state index is 0.0126. The number of nitrogens with two attached hydrogens (primary N) is 1. The fraction of sp³-hybridized carbons (Fsp3) is 0.857. The molecule has 0 aromatic heterocycles. The van der Waals surface area contributed by atoms with Crippen molar-refractivity contribution in [3.05, 3.63) is 0 Å². The van der Waals surface area contributed by atoms with Gasteiger partial charge in [-0.2, -0.15) is 0 Å². The molecule has 5 nitrogen and oxygen atoms in total. The monoisotopic (exact) mass is 269 g/mol. The molecule has 0 radical (unpaired) electrons. The molecule has 0 atom stereocenters. The van der Waals surface area contributed by atoms with Crippen molar-refractivity contribution < 1.29 is 10.0 Å². The molecular formula is C14H27N3O2. The highest BCUT2D eigenvalue weighted by atomic mass is 16.4. The first-order valence-electron chi connectivity index (χ1n) is 7.37. The topological polar surface area (TPSA) is 87.7 Å². The molecule has 0 unspecified atom stereocenters. The summed E-state index contributed by atoms with van der Waals surface area (Å²) in [7, 11) is 0. The lowest BCUT2D eigenvalue weighted by atomic mass is 9.79. The molecule has 0 heterocycles. The maximum absolute atomic E-state index is 12.4. The van der Waals surface area contributed by atoms with Crippen molar-refractivity contribution in [2.75, 3.05) is 6.54 Å². The first-order chi connectivity index (χ1) is 9.10. The average molecular weight is 269 g/mol. The zero-order valence-electron chi connectivity index (χ0n) is 12.1. The molecule has 5 heteroatoms. The normalized spacial score (nSPS) is 18.3. The highest BCUT2D eigenvalue weighted by Crippen LogP contribution is 2.28. The molecule has 1 saturated carbocycles. The van der Waals surface area contributed by atoms with Crippen LogP contribution in [-0.2, 0) is 4.79 Å². The number of oxime groups is 1. The van der Waals surface area contributed by atoms with Crippen LogP contribution in [0.3, 0.4) is 0 Å². The Morgan fingerprint density at radius 2 is 1.89 bits per heavy atom. The van der Waals surface area contributed by atoms with Gasteiger partial charge in [0.25, 0.3) is 0 Å². The molecule has 0 aromatic rings. The van der Waals surface area contributed by atoms with Crippen molar-refractivity contribution in [2.45, 2.75) is 58.8 Å². The number of hydrogen-bond acceptors (Lipinski definition) is 3. The maximum Gasteiger partial charge on any atom is 0.233 e. The summed E-state index contributed by atoms with van der Waals surface area (Å²) in [5, 5.41) is 14.9. The third-order valence-electron chi connectivity index (χ3n) is 4.52. The number of amidine groups is 1. The Hall–Kier alpha value is -1.26. The van der Waals surface area contributed by atoms with Gasteiger partial charge in [0, 0.05) is 6.54 Å². The van der Waals surface area contributed by atoms with E-state index in [-0.39, 0.29) is 11.7 Å². The van der Waals surface area contributed by atoms with Gasteiger partial charge in [-0.15, -0.1) is 0 Å². The Labute approximate surface area is 115 Å². The van der Waals surface area contributed by atoms with E-state index in [4.69, 9.17) is 10.9 Å². The molecule has 1 aliphatic rings. The second-order valence-corrected chi connectivity index (χ2v) is 5.49. The number of rotatable bonds is 6.